The number of ether oxygens (including phenoxy) is 1. The minimum absolute atomic E-state index is 0.0672. The van der Waals surface area contributed by atoms with E-state index in [1.54, 1.807) is 31.4 Å². The fourth-order valence-corrected chi connectivity index (χ4v) is 5.94. The van der Waals surface area contributed by atoms with Crippen molar-refractivity contribution in [3.63, 3.8) is 0 Å². The highest BCUT2D eigenvalue weighted by Gasteiger charge is 2.34. The number of fused-ring (bicyclic) bond motifs is 1. The van der Waals surface area contributed by atoms with E-state index in [0.717, 1.165) is 5.56 Å². The minimum atomic E-state index is -1.55. The molecule has 2 N–H and O–H groups in total. The van der Waals surface area contributed by atoms with Crippen molar-refractivity contribution in [2.75, 3.05) is 55.0 Å². The first-order valence-electron chi connectivity index (χ1n) is 15.9. The van der Waals surface area contributed by atoms with Gasteiger partial charge in [-0.05, 0) is 23.8 Å². The van der Waals surface area contributed by atoms with Crippen molar-refractivity contribution in [3.05, 3.63) is 113 Å². The number of benzodiazepines with no additional fused rings is 1. The van der Waals surface area contributed by atoms with Gasteiger partial charge in [-0.1, -0.05) is 60.7 Å². The molecule has 0 bridgehead atoms. The maximum atomic E-state index is 15.6. The zero-order chi connectivity index (χ0) is 35.4. The Morgan fingerprint density at radius 3 is 2.26 bits per heavy atom. The number of pyridine rings is 1. The average Bonchev–Trinajstić information content (AvgIpc) is 3.24. The van der Waals surface area contributed by atoms with Gasteiger partial charge in [-0.15, -0.1) is 0 Å². The van der Waals surface area contributed by atoms with Gasteiger partial charge in [0.25, 0.3) is 11.9 Å². The van der Waals surface area contributed by atoms with E-state index >= 15 is 4.39 Å². The molecule has 0 spiro atoms. The molecule has 3 aromatic carbocycles. The number of aliphatic imine (C=N–C) groups is 1. The summed E-state index contributed by atoms with van der Waals surface area (Å²) < 4.78 is 50.3. The number of amides is 3. The number of hydrogen-bond acceptors (Lipinski definition) is 8. The number of anilines is 3. The number of para-hydroxylation sites is 1. The molecule has 2 aliphatic heterocycles. The molecule has 6 rings (SSSR count). The van der Waals surface area contributed by atoms with Crippen molar-refractivity contribution in [2.24, 2.45) is 4.99 Å². The number of carbonyl (C=O) groups excluding carboxylic acids is 3. The lowest BCUT2D eigenvalue weighted by Gasteiger charge is -2.36. The molecule has 1 atom stereocenters. The summed E-state index contributed by atoms with van der Waals surface area (Å²) in [5, 5.41) is 5.07. The predicted octanol–water partition coefficient (Wildman–Crippen LogP) is 4.11. The molecule has 1 fully saturated rings. The summed E-state index contributed by atoms with van der Waals surface area (Å²) in [6.45, 7) is 1.43. The van der Waals surface area contributed by atoms with Gasteiger partial charge in [0.05, 0.1) is 31.6 Å². The number of benzene rings is 3. The van der Waals surface area contributed by atoms with Gasteiger partial charge in [0.2, 0.25) is 23.8 Å². The van der Waals surface area contributed by atoms with Crippen LogP contribution in [-0.4, -0.2) is 79.3 Å². The van der Waals surface area contributed by atoms with Crippen LogP contribution in [0.1, 0.15) is 23.6 Å². The number of piperazine rings is 1. The van der Waals surface area contributed by atoms with Crippen LogP contribution < -0.4 is 25.2 Å². The van der Waals surface area contributed by atoms with Crippen molar-refractivity contribution >= 4 is 40.6 Å². The molecule has 0 unspecified atom stereocenters. The summed E-state index contributed by atoms with van der Waals surface area (Å²) in [5.74, 6) is -5.74. The Morgan fingerprint density at radius 2 is 1.58 bits per heavy atom. The molecule has 0 aliphatic carbocycles. The first kappa shape index (κ1) is 34.0. The summed E-state index contributed by atoms with van der Waals surface area (Å²) in [6.07, 6.45) is -1.40. The van der Waals surface area contributed by atoms with Crippen LogP contribution in [0.4, 0.5) is 30.4 Å². The van der Waals surface area contributed by atoms with Gasteiger partial charge < -0.3 is 30.1 Å². The average molecular weight is 686 g/mol. The van der Waals surface area contributed by atoms with Gasteiger partial charge in [0.1, 0.15) is 11.4 Å². The van der Waals surface area contributed by atoms with E-state index in [-0.39, 0.29) is 38.6 Å². The van der Waals surface area contributed by atoms with Gasteiger partial charge in [0, 0.05) is 44.2 Å². The molecule has 0 saturated carbocycles. The Kier molecular flexibility index (Phi) is 9.97. The summed E-state index contributed by atoms with van der Waals surface area (Å²) >= 11 is 0. The molecule has 258 valence electrons. The van der Waals surface area contributed by atoms with E-state index in [0.29, 0.717) is 28.3 Å². The van der Waals surface area contributed by atoms with Crippen LogP contribution >= 0.6 is 0 Å². The second kappa shape index (κ2) is 14.7. The highest BCUT2D eigenvalue weighted by atomic mass is 19.2. The quantitative estimate of drug-likeness (QED) is 0.255. The maximum absolute atomic E-state index is 15.6. The Hall–Kier alpha value is -5.92. The lowest BCUT2D eigenvalue weighted by atomic mass is 10.00. The van der Waals surface area contributed by atoms with Crippen molar-refractivity contribution in [1.29, 1.82) is 0 Å². The second-order valence-electron chi connectivity index (χ2n) is 11.7. The first-order chi connectivity index (χ1) is 24.1. The van der Waals surface area contributed by atoms with Gasteiger partial charge in [-0.2, -0.15) is 13.8 Å². The van der Waals surface area contributed by atoms with Gasteiger partial charge in [0.15, 0.2) is 11.6 Å². The molecule has 3 heterocycles. The fourth-order valence-electron chi connectivity index (χ4n) is 5.94. The molecule has 4 aromatic rings. The minimum Gasteiger partial charge on any atom is -0.497 e. The Bertz CT molecular complexity index is 1930. The Labute approximate surface area is 286 Å². The van der Waals surface area contributed by atoms with E-state index < -0.39 is 53.6 Å². The summed E-state index contributed by atoms with van der Waals surface area (Å²) in [5.41, 5.74) is 2.57. The van der Waals surface area contributed by atoms with E-state index in [1.165, 1.54) is 21.6 Å². The van der Waals surface area contributed by atoms with Crippen LogP contribution in [0.3, 0.4) is 0 Å². The molecule has 14 heteroatoms. The smallest absolute Gasteiger partial charge is 0.272 e. The molecule has 3 amide bonds. The first-order valence-corrected chi connectivity index (χ1v) is 15.9. The highest BCUT2D eigenvalue weighted by molar-refractivity contribution is 6.20. The zero-order valence-electron chi connectivity index (χ0n) is 27.3. The van der Waals surface area contributed by atoms with Crippen LogP contribution in [0.5, 0.6) is 5.75 Å². The van der Waals surface area contributed by atoms with E-state index in [4.69, 9.17) is 9.73 Å². The molecule has 1 saturated heterocycles. The normalized spacial score (nSPS) is 15.9. The van der Waals surface area contributed by atoms with Crippen LogP contribution in [0.2, 0.25) is 0 Å². The molecular weight excluding hydrogens is 651 g/mol. The Morgan fingerprint density at radius 1 is 0.900 bits per heavy atom. The molecule has 11 nitrogen and oxygen atoms in total. The SMILES string of the molecule is COc1ccc(CN2C(=O)[C@@H](NC(=O)CNc3nc(F)c(F)c(N4CCN(C(C)=O)CC4)c3F)N=C(c3ccccc3)c3ccccc32)cc1. The molecule has 50 heavy (non-hydrogen) atoms. The van der Waals surface area contributed by atoms with Crippen molar-refractivity contribution in [2.45, 2.75) is 19.6 Å². The van der Waals surface area contributed by atoms with Crippen LogP contribution in [0.15, 0.2) is 83.9 Å². The number of nitrogens with one attached hydrogen (secondary N) is 2. The number of hydrogen-bond donors (Lipinski definition) is 2. The Balaban J connectivity index is 1.26. The molecule has 1 aromatic heterocycles. The van der Waals surface area contributed by atoms with Gasteiger partial charge in [-0.3, -0.25) is 14.4 Å². The lowest BCUT2D eigenvalue weighted by Crippen LogP contribution is -2.49. The number of methoxy groups -OCH3 is 1. The summed E-state index contributed by atoms with van der Waals surface area (Å²) in [4.78, 5) is 51.7. The van der Waals surface area contributed by atoms with E-state index in [9.17, 15) is 23.2 Å². The van der Waals surface area contributed by atoms with Gasteiger partial charge >= 0.3 is 0 Å². The van der Waals surface area contributed by atoms with Crippen LogP contribution in [0.25, 0.3) is 0 Å². The number of carbonyl (C=O) groups is 3. The largest absolute Gasteiger partial charge is 0.497 e. The third kappa shape index (κ3) is 7.09. The summed E-state index contributed by atoms with van der Waals surface area (Å²) in [6, 6.07) is 23.7. The fraction of sp³-hybridized carbons (Fsp3) is 0.250. The standard InChI is InChI=1S/C36H34F3N7O4/c1-22(47)44-16-18-45(19-17-44)32-29(37)33(39)43-34(30(32)38)40-20-28(48)41-35-36(49)46(21-23-12-14-25(50-2)15-13-23)27-11-7-6-10-26(27)31(42-35)24-8-4-3-5-9-24/h3-15,35H,16-21H2,1-2H3,(H,40,43)(H,41,48)/t35-/m0/s1. The van der Waals surface area contributed by atoms with Crippen LogP contribution in [0, 0.1) is 17.6 Å². The zero-order valence-corrected chi connectivity index (χ0v) is 27.3. The topological polar surface area (TPSA) is 119 Å². The monoisotopic (exact) mass is 685 g/mol. The van der Waals surface area contributed by atoms with Crippen molar-refractivity contribution in [3.8, 4) is 5.75 Å². The van der Waals surface area contributed by atoms with Crippen molar-refractivity contribution in [1.82, 2.24) is 15.2 Å². The number of halogens is 3. The van der Waals surface area contributed by atoms with Crippen molar-refractivity contribution < 1.29 is 32.3 Å². The third-order valence-corrected chi connectivity index (χ3v) is 8.53. The van der Waals surface area contributed by atoms with Gasteiger partial charge in [-0.25, -0.2) is 9.38 Å². The molecular formula is C36H34F3N7O4. The van der Waals surface area contributed by atoms with E-state index in [2.05, 4.69) is 15.6 Å². The molecule has 0 radical (unpaired) electrons. The van der Waals surface area contributed by atoms with E-state index in [1.807, 2.05) is 54.6 Å². The molecule has 2 aliphatic rings. The third-order valence-electron chi connectivity index (χ3n) is 8.53. The summed E-state index contributed by atoms with van der Waals surface area (Å²) in [7, 11) is 1.56. The number of rotatable bonds is 9. The lowest BCUT2D eigenvalue weighted by molar-refractivity contribution is -0.129. The number of nitrogens with zero attached hydrogens (tertiary/aromatic N) is 5. The maximum Gasteiger partial charge on any atom is 0.272 e. The number of aromatic nitrogens is 1. The second-order valence-corrected chi connectivity index (χ2v) is 11.7. The van der Waals surface area contributed by atoms with Crippen LogP contribution in [-0.2, 0) is 20.9 Å². The predicted molar refractivity (Wildman–Crippen MR) is 182 cm³/mol. The highest BCUT2D eigenvalue weighted by Crippen LogP contribution is 2.31.